The van der Waals surface area contributed by atoms with Crippen molar-refractivity contribution >= 4 is 45.7 Å². The second-order valence-electron chi connectivity index (χ2n) is 7.77. The van der Waals surface area contributed by atoms with Crippen molar-refractivity contribution in [3.63, 3.8) is 0 Å². The van der Waals surface area contributed by atoms with E-state index in [0.717, 1.165) is 0 Å². The van der Waals surface area contributed by atoms with Crippen LogP contribution in [-0.2, 0) is 16.1 Å². The van der Waals surface area contributed by atoms with E-state index in [-0.39, 0.29) is 36.2 Å². The molecule has 1 aliphatic rings. The van der Waals surface area contributed by atoms with Crippen LogP contribution in [0, 0.1) is 0 Å². The zero-order valence-corrected chi connectivity index (χ0v) is 17.9. The van der Waals surface area contributed by atoms with E-state index in [1.165, 1.54) is 15.8 Å². The highest BCUT2D eigenvalue weighted by Gasteiger charge is 2.27. The number of benzene rings is 3. The lowest BCUT2D eigenvalue weighted by atomic mass is 10.1. The Morgan fingerprint density at radius 2 is 1.68 bits per heavy atom. The molecule has 9 nitrogen and oxygen atoms in total. The number of fused-ring (bicyclic) bond motifs is 2. The van der Waals surface area contributed by atoms with Gasteiger partial charge in [-0.2, -0.15) is 5.10 Å². The Labute approximate surface area is 193 Å². The maximum atomic E-state index is 13.1. The molecule has 5 rings (SSSR count). The molecule has 0 saturated heterocycles. The quantitative estimate of drug-likeness (QED) is 0.493. The predicted octanol–water partition coefficient (Wildman–Crippen LogP) is 2.63. The van der Waals surface area contributed by atoms with Crippen LogP contribution >= 0.6 is 0 Å². The fraction of sp³-hybridized carbons (Fsp3) is 0.0800. The number of amides is 3. The minimum atomic E-state index is -0.331. The molecular formula is C25H19N5O4. The van der Waals surface area contributed by atoms with E-state index in [1.54, 1.807) is 72.8 Å². The first-order valence-corrected chi connectivity index (χ1v) is 10.5. The maximum Gasteiger partial charge on any atom is 0.258 e. The molecule has 9 heteroatoms. The van der Waals surface area contributed by atoms with Gasteiger partial charge < -0.3 is 10.6 Å². The summed E-state index contributed by atoms with van der Waals surface area (Å²) >= 11 is 0. The van der Waals surface area contributed by atoms with Gasteiger partial charge in [-0.15, -0.1) is 0 Å². The molecule has 0 radical (unpaired) electrons. The topological polar surface area (TPSA) is 113 Å². The van der Waals surface area contributed by atoms with Crippen LogP contribution in [0.3, 0.4) is 0 Å². The fourth-order valence-electron chi connectivity index (χ4n) is 3.89. The number of carbonyl (C=O) groups is 3. The van der Waals surface area contributed by atoms with E-state index in [9.17, 15) is 19.2 Å². The Hall–Kier alpha value is -4.79. The molecule has 0 spiro atoms. The number of hydrogen-bond acceptors (Lipinski definition) is 5. The summed E-state index contributed by atoms with van der Waals surface area (Å²) in [6, 6.07) is 20.5. The van der Waals surface area contributed by atoms with E-state index in [1.807, 2.05) is 0 Å². The van der Waals surface area contributed by atoms with Crippen molar-refractivity contribution < 1.29 is 14.4 Å². The summed E-state index contributed by atoms with van der Waals surface area (Å²) < 4.78 is 1.46. The Morgan fingerprint density at radius 3 is 2.50 bits per heavy atom. The minimum absolute atomic E-state index is 0.0747. The third-order valence-corrected chi connectivity index (χ3v) is 5.49. The first kappa shape index (κ1) is 21.1. The Morgan fingerprint density at radius 1 is 0.941 bits per heavy atom. The summed E-state index contributed by atoms with van der Waals surface area (Å²) in [5.74, 6) is -0.911. The molecule has 0 saturated carbocycles. The highest BCUT2D eigenvalue weighted by molar-refractivity contribution is 6.15. The normalized spacial score (nSPS) is 12.7. The number of rotatable bonds is 4. The van der Waals surface area contributed by atoms with E-state index in [2.05, 4.69) is 15.7 Å². The van der Waals surface area contributed by atoms with Gasteiger partial charge in [0.25, 0.3) is 5.91 Å². The molecule has 0 atom stereocenters. The van der Waals surface area contributed by atoms with Gasteiger partial charge in [0.05, 0.1) is 23.1 Å². The van der Waals surface area contributed by atoms with Gasteiger partial charge in [0, 0.05) is 16.6 Å². The van der Waals surface area contributed by atoms with Crippen LogP contribution < -0.4 is 21.0 Å². The molecule has 0 aliphatic carbocycles. The monoisotopic (exact) mass is 453 g/mol. The van der Waals surface area contributed by atoms with Gasteiger partial charge in [-0.05, 0) is 48.5 Å². The average molecular weight is 453 g/mol. The van der Waals surface area contributed by atoms with Crippen LogP contribution in [0.5, 0.6) is 0 Å². The number of para-hydroxylation sites is 3. The van der Waals surface area contributed by atoms with Gasteiger partial charge >= 0.3 is 0 Å². The smallest absolute Gasteiger partial charge is 0.258 e. The molecular weight excluding hydrogens is 434 g/mol. The molecule has 4 aromatic rings. The average Bonchev–Trinajstić information content (AvgIpc) is 2.85. The van der Waals surface area contributed by atoms with Crippen LogP contribution in [0.1, 0.15) is 10.4 Å². The maximum absolute atomic E-state index is 13.1. The zero-order valence-electron chi connectivity index (χ0n) is 17.9. The third-order valence-electron chi connectivity index (χ3n) is 5.49. The predicted molar refractivity (Wildman–Crippen MR) is 128 cm³/mol. The Bertz CT molecular complexity index is 1490. The van der Waals surface area contributed by atoms with Crippen molar-refractivity contribution in [2.24, 2.45) is 0 Å². The van der Waals surface area contributed by atoms with Crippen molar-refractivity contribution in [2.45, 2.75) is 6.54 Å². The van der Waals surface area contributed by atoms with Crippen molar-refractivity contribution in [2.75, 3.05) is 22.1 Å². The van der Waals surface area contributed by atoms with Crippen molar-refractivity contribution in [3.05, 3.63) is 94.8 Å². The molecule has 1 aromatic heterocycles. The Kier molecular flexibility index (Phi) is 5.35. The van der Waals surface area contributed by atoms with E-state index in [4.69, 9.17) is 0 Å². The molecule has 2 heterocycles. The highest BCUT2D eigenvalue weighted by Crippen LogP contribution is 2.30. The van der Waals surface area contributed by atoms with Gasteiger partial charge in [0.15, 0.2) is 0 Å². The van der Waals surface area contributed by atoms with Gasteiger partial charge in [0.1, 0.15) is 13.1 Å². The van der Waals surface area contributed by atoms with Gasteiger partial charge in [-0.1, -0.05) is 24.3 Å². The highest BCUT2D eigenvalue weighted by atomic mass is 16.2. The molecule has 0 unspecified atom stereocenters. The van der Waals surface area contributed by atoms with Gasteiger partial charge in [-0.3, -0.25) is 28.8 Å². The van der Waals surface area contributed by atoms with Crippen LogP contribution in [0.4, 0.5) is 17.1 Å². The van der Waals surface area contributed by atoms with Crippen LogP contribution in [0.2, 0.25) is 0 Å². The van der Waals surface area contributed by atoms with Gasteiger partial charge in [-0.25, -0.2) is 0 Å². The van der Waals surface area contributed by atoms with Crippen LogP contribution in [0.25, 0.3) is 10.9 Å². The molecule has 0 fully saturated rings. The second-order valence-corrected chi connectivity index (χ2v) is 7.77. The lowest BCUT2D eigenvalue weighted by Crippen LogP contribution is -2.42. The molecule has 0 bridgehead atoms. The summed E-state index contributed by atoms with van der Waals surface area (Å²) in [6.07, 6.45) is 1.19. The number of nitrogens with zero attached hydrogens (tertiary/aromatic N) is 3. The van der Waals surface area contributed by atoms with E-state index < -0.39 is 0 Å². The number of carbonyl (C=O) groups excluding carboxylic acids is 3. The Balaban J connectivity index is 1.30. The lowest BCUT2D eigenvalue weighted by Gasteiger charge is -2.29. The second kappa shape index (κ2) is 8.62. The van der Waals surface area contributed by atoms with E-state index >= 15 is 0 Å². The molecule has 1 aliphatic heterocycles. The van der Waals surface area contributed by atoms with Crippen LogP contribution in [0.15, 0.2) is 83.8 Å². The summed E-state index contributed by atoms with van der Waals surface area (Å²) in [5, 5.41) is 10.1. The number of aromatic nitrogens is 2. The third kappa shape index (κ3) is 4.02. The number of hydrogen-bond donors (Lipinski definition) is 2. The van der Waals surface area contributed by atoms with Crippen molar-refractivity contribution in [3.8, 4) is 0 Å². The van der Waals surface area contributed by atoms with E-state index in [0.29, 0.717) is 33.5 Å². The van der Waals surface area contributed by atoms with Crippen LogP contribution in [-0.4, -0.2) is 34.0 Å². The number of anilines is 3. The molecule has 3 aromatic carbocycles. The van der Waals surface area contributed by atoms with Gasteiger partial charge in [0.2, 0.25) is 17.2 Å². The zero-order chi connectivity index (χ0) is 23.7. The molecule has 2 N–H and O–H groups in total. The molecule has 3 amide bonds. The number of nitrogens with one attached hydrogen (secondary N) is 2. The molecule has 34 heavy (non-hydrogen) atoms. The summed E-state index contributed by atoms with van der Waals surface area (Å²) in [7, 11) is 0. The standard InChI is InChI=1S/C25H19N5O4/c31-22-13-26-30(20-7-3-1-5-18(20)22)15-24(33)27-17-11-9-16(10-12-17)25(34)29-14-23(32)28-19-6-2-4-8-21(19)29/h1-13H,14-15H2,(H,27,33)(H,28,32). The fourth-order valence-corrected chi connectivity index (χ4v) is 3.89. The van der Waals surface area contributed by atoms with Crippen molar-refractivity contribution in [1.29, 1.82) is 0 Å². The summed E-state index contributed by atoms with van der Waals surface area (Å²) in [5.41, 5.74) is 2.46. The SMILES string of the molecule is O=C(Cn1ncc(=O)c2ccccc21)Nc1ccc(C(=O)N2CC(=O)Nc3ccccc32)cc1. The first-order valence-electron chi connectivity index (χ1n) is 10.5. The largest absolute Gasteiger partial charge is 0.324 e. The summed E-state index contributed by atoms with van der Waals surface area (Å²) in [4.78, 5) is 51.0. The summed E-state index contributed by atoms with van der Waals surface area (Å²) in [6.45, 7) is -0.157. The van der Waals surface area contributed by atoms with Crippen molar-refractivity contribution in [1.82, 2.24) is 9.78 Å². The lowest BCUT2D eigenvalue weighted by molar-refractivity contribution is -0.117. The minimum Gasteiger partial charge on any atom is -0.324 e. The molecule has 168 valence electrons. The first-order chi connectivity index (χ1) is 16.5.